The average molecular weight is 251 g/mol. The summed E-state index contributed by atoms with van der Waals surface area (Å²) in [6.45, 7) is 0. The van der Waals surface area contributed by atoms with E-state index in [9.17, 15) is 9.18 Å². The van der Waals surface area contributed by atoms with E-state index in [1.54, 1.807) is 11.4 Å². The van der Waals surface area contributed by atoms with Crippen molar-refractivity contribution in [3.05, 3.63) is 45.9 Å². The Morgan fingerprint density at radius 1 is 1.41 bits per heavy atom. The normalized spacial score (nSPS) is 10.2. The second kappa shape index (κ2) is 4.55. The summed E-state index contributed by atoms with van der Waals surface area (Å²) in [6, 6.07) is 5.43. The predicted octanol–water partition coefficient (Wildman–Crippen LogP) is 2.71. The molecule has 2 rings (SSSR count). The van der Waals surface area contributed by atoms with E-state index in [0.29, 0.717) is 10.6 Å². The number of rotatable bonds is 3. The SMILES string of the molecule is COc1ccsc1C(=O)c1ccc(F)cc1N. The Morgan fingerprint density at radius 2 is 2.18 bits per heavy atom. The first-order chi connectivity index (χ1) is 8.13. The molecule has 0 fully saturated rings. The summed E-state index contributed by atoms with van der Waals surface area (Å²) in [5.41, 5.74) is 6.04. The second-order valence-corrected chi connectivity index (χ2v) is 4.29. The molecule has 0 radical (unpaired) electrons. The van der Waals surface area contributed by atoms with Crippen LogP contribution in [0.3, 0.4) is 0 Å². The van der Waals surface area contributed by atoms with Crippen LogP contribution in [0.5, 0.6) is 5.75 Å². The number of thiophene rings is 1. The van der Waals surface area contributed by atoms with Crippen LogP contribution in [-0.4, -0.2) is 12.9 Å². The maximum Gasteiger partial charge on any atom is 0.208 e. The maximum atomic E-state index is 12.9. The zero-order valence-corrected chi connectivity index (χ0v) is 9.88. The van der Waals surface area contributed by atoms with Crippen molar-refractivity contribution in [3.8, 4) is 5.75 Å². The molecule has 1 aromatic heterocycles. The fraction of sp³-hybridized carbons (Fsp3) is 0.0833. The number of carbonyl (C=O) groups excluding carboxylic acids is 1. The Labute approximate surface area is 102 Å². The molecule has 1 heterocycles. The zero-order valence-electron chi connectivity index (χ0n) is 9.07. The van der Waals surface area contributed by atoms with Crippen molar-refractivity contribution in [1.82, 2.24) is 0 Å². The lowest BCUT2D eigenvalue weighted by molar-refractivity contribution is 0.104. The molecule has 0 saturated carbocycles. The maximum absolute atomic E-state index is 12.9. The quantitative estimate of drug-likeness (QED) is 0.674. The van der Waals surface area contributed by atoms with Crippen LogP contribution < -0.4 is 10.5 Å². The molecule has 2 N–H and O–H groups in total. The van der Waals surface area contributed by atoms with Gasteiger partial charge in [-0.05, 0) is 29.6 Å². The number of nitrogen functional groups attached to an aromatic ring is 1. The Hall–Kier alpha value is -1.88. The van der Waals surface area contributed by atoms with Gasteiger partial charge in [-0.25, -0.2) is 4.39 Å². The molecule has 0 aliphatic heterocycles. The number of halogens is 1. The molecule has 1 aromatic carbocycles. The summed E-state index contributed by atoms with van der Waals surface area (Å²) in [5.74, 6) is -0.213. The summed E-state index contributed by atoms with van der Waals surface area (Å²) in [6.07, 6.45) is 0. The number of methoxy groups -OCH3 is 1. The number of ketones is 1. The van der Waals surface area contributed by atoms with E-state index in [2.05, 4.69) is 0 Å². The fourth-order valence-electron chi connectivity index (χ4n) is 1.49. The van der Waals surface area contributed by atoms with E-state index in [1.807, 2.05) is 0 Å². The molecule has 5 heteroatoms. The van der Waals surface area contributed by atoms with Crippen LogP contribution in [0.1, 0.15) is 15.2 Å². The van der Waals surface area contributed by atoms with Gasteiger partial charge in [0.05, 0.1) is 7.11 Å². The second-order valence-electron chi connectivity index (χ2n) is 3.38. The third-order valence-corrected chi connectivity index (χ3v) is 3.21. The Bertz CT molecular complexity index is 565. The molecule has 2 aromatic rings. The molecule has 0 bridgehead atoms. The molecule has 0 spiro atoms. The average Bonchev–Trinajstić information content (AvgIpc) is 2.76. The topological polar surface area (TPSA) is 52.3 Å². The van der Waals surface area contributed by atoms with Crippen LogP contribution in [0.15, 0.2) is 29.6 Å². The highest BCUT2D eigenvalue weighted by Gasteiger charge is 2.18. The van der Waals surface area contributed by atoms with Gasteiger partial charge in [0.15, 0.2) is 0 Å². The van der Waals surface area contributed by atoms with Crippen molar-refractivity contribution < 1.29 is 13.9 Å². The van der Waals surface area contributed by atoms with Gasteiger partial charge < -0.3 is 10.5 Å². The minimum atomic E-state index is -0.461. The zero-order chi connectivity index (χ0) is 12.4. The summed E-state index contributed by atoms with van der Waals surface area (Å²) in [7, 11) is 1.49. The van der Waals surface area contributed by atoms with Gasteiger partial charge >= 0.3 is 0 Å². The molecule has 88 valence electrons. The highest BCUT2D eigenvalue weighted by atomic mass is 32.1. The van der Waals surface area contributed by atoms with E-state index in [4.69, 9.17) is 10.5 Å². The lowest BCUT2D eigenvalue weighted by atomic mass is 10.1. The van der Waals surface area contributed by atoms with Crippen LogP contribution in [0.2, 0.25) is 0 Å². The predicted molar refractivity (Wildman–Crippen MR) is 65.1 cm³/mol. The summed E-state index contributed by atoms with van der Waals surface area (Å²) < 4.78 is 18.0. The van der Waals surface area contributed by atoms with Crippen LogP contribution in [0.4, 0.5) is 10.1 Å². The van der Waals surface area contributed by atoms with Crippen molar-refractivity contribution in [2.75, 3.05) is 12.8 Å². The Morgan fingerprint density at radius 3 is 2.82 bits per heavy atom. The number of carbonyl (C=O) groups is 1. The lowest BCUT2D eigenvalue weighted by Crippen LogP contribution is -2.05. The molecule has 0 atom stereocenters. The number of nitrogens with two attached hydrogens (primary N) is 1. The van der Waals surface area contributed by atoms with Crippen molar-refractivity contribution >= 4 is 22.8 Å². The van der Waals surface area contributed by atoms with Gasteiger partial charge in [-0.15, -0.1) is 11.3 Å². The van der Waals surface area contributed by atoms with E-state index < -0.39 is 5.82 Å². The number of hydrogen-bond donors (Lipinski definition) is 1. The first-order valence-electron chi connectivity index (χ1n) is 4.84. The van der Waals surface area contributed by atoms with E-state index in [0.717, 1.165) is 6.07 Å². The molecule has 0 unspecified atom stereocenters. The molecule has 0 amide bonds. The van der Waals surface area contributed by atoms with E-state index in [-0.39, 0.29) is 17.0 Å². The van der Waals surface area contributed by atoms with Gasteiger partial charge in [-0.1, -0.05) is 0 Å². The largest absolute Gasteiger partial charge is 0.495 e. The third-order valence-electron chi connectivity index (χ3n) is 2.31. The highest BCUT2D eigenvalue weighted by Crippen LogP contribution is 2.29. The smallest absolute Gasteiger partial charge is 0.208 e. The van der Waals surface area contributed by atoms with Gasteiger partial charge in [0.1, 0.15) is 16.4 Å². The van der Waals surface area contributed by atoms with Gasteiger partial charge in [0, 0.05) is 11.3 Å². The number of benzene rings is 1. The monoisotopic (exact) mass is 251 g/mol. The molecular weight excluding hydrogens is 241 g/mol. The summed E-state index contributed by atoms with van der Waals surface area (Å²) in [5, 5.41) is 1.76. The van der Waals surface area contributed by atoms with Crippen molar-refractivity contribution in [2.24, 2.45) is 0 Å². The van der Waals surface area contributed by atoms with Crippen molar-refractivity contribution in [1.29, 1.82) is 0 Å². The number of anilines is 1. The summed E-state index contributed by atoms with van der Waals surface area (Å²) >= 11 is 1.27. The lowest BCUT2D eigenvalue weighted by Gasteiger charge is -2.05. The first-order valence-corrected chi connectivity index (χ1v) is 5.72. The summed E-state index contributed by atoms with van der Waals surface area (Å²) in [4.78, 5) is 12.6. The first kappa shape index (κ1) is 11.6. The van der Waals surface area contributed by atoms with Gasteiger partial charge in [-0.3, -0.25) is 4.79 Å². The number of hydrogen-bond acceptors (Lipinski definition) is 4. The van der Waals surface area contributed by atoms with E-state index >= 15 is 0 Å². The molecule has 3 nitrogen and oxygen atoms in total. The van der Waals surface area contributed by atoms with Crippen LogP contribution in [0.25, 0.3) is 0 Å². The minimum Gasteiger partial charge on any atom is -0.495 e. The van der Waals surface area contributed by atoms with Crippen molar-refractivity contribution in [3.63, 3.8) is 0 Å². The molecule has 0 aliphatic rings. The number of ether oxygens (including phenoxy) is 1. The fourth-order valence-corrected chi connectivity index (χ4v) is 2.30. The Kier molecular flexibility index (Phi) is 3.10. The van der Waals surface area contributed by atoms with Crippen LogP contribution in [0, 0.1) is 5.82 Å². The standard InChI is InChI=1S/C12H10FNO2S/c1-16-10-4-5-17-12(10)11(15)8-3-2-7(13)6-9(8)14/h2-6H,14H2,1H3. The molecular formula is C12H10FNO2S. The van der Waals surface area contributed by atoms with E-state index in [1.165, 1.54) is 30.6 Å². The van der Waals surface area contributed by atoms with Gasteiger partial charge in [-0.2, -0.15) is 0 Å². The highest BCUT2D eigenvalue weighted by molar-refractivity contribution is 7.12. The van der Waals surface area contributed by atoms with Crippen LogP contribution >= 0.6 is 11.3 Å². The molecule has 0 aliphatic carbocycles. The molecule has 0 saturated heterocycles. The minimum absolute atomic E-state index is 0.130. The van der Waals surface area contributed by atoms with Gasteiger partial charge in [0.2, 0.25) is 5.78 Å². The van der Waals surface area contributed by atoms with Crippen molar-refractivity contribution in [2.45, 2.75) is 0 Å². The van der Waals surface area contributed by atoms with Crippen LogP contribution in [-0.2, 0) is 0 Å². The van der Waals surface area contributed by atoms with Gasteiger partial charge in [0.25, 0.3) is 0 Å². The Balaban J connectivity index is 2.44. The molecule has 17 heavy (non-hydrogen) atoms. The third kappa shape index (κ3) is 2.14.